The van der Waals surface area contributed by atoms with E-state index in [-0.39, 0.29) is 5.82 Å². The van der Waals surface area contributed by atoms with Crippen molar-refractivity contribution in [3.8, 4) is 0 Å². The Bertz CT molecular complexity index is 759. The van der Waals surface area contributed by atoms with Gasteiger partial charge in [-0.25, -0.2) is 4.39 Å². The molecule has 4 heteroatoms. The van der Waals surface area contributed by atoms with Crippen molar-refractivity contribution >= 4 is 17.3 Å². The van der Waals surface area contributed by atoms with Crippen molar-refractivity contribution in [2.75, 3.05) is 6.54 Å². The first-order chi connectivity index (χ1) is 11.2. The molecule has 2 unspecified atom stereocenters. The summed E-state index contributed by atoms with van der Waals surface area (Å²) in [5.41, 5.74) is 5.13. The standard InChI is InChI=1S/C19H19FN2S/c20-16-6-5-12-7-13-3-1-2-4-18(13)15(8-14(12)9-16)10-17-11-21-19(23)22-17/h1-6,9,15,17H,7-8,10-11H2,(H2,21,22,23). The molecule has 2 aliphatic rings. The highest BCUT2D eigenvalue weighted by atomic mass is 32.1. The summed E-state index contributed by atoms with van der Waals surface area (Å²) in [5.74, 6) is 0.241. The molecule has 0 spiro atoms. The lowest BCUT2D eigenvalue weighted by atomic mass is 9.86. The van der Waals surface area contributed by atoms with E-state index in [1.54, 1.807) is 12.1 Å². The molecule has 4 rings (SSSR count). The molecule has 2 aromatic carbocycles. The van der Waals surface area contributed by atoms with Crippen LogP contribution in [0.15, 0.2) is 42.5 Å². The van der Waals surface area contributed by atoms with Crippen molar-refractivity contribution in [1.29, 1.82) is 0 Å². The molecule has 2 aromatic rings. The van der Waals surface area contributed by atoms with Gasteiger partial charge in [0.15, 0.2) is 5.11 Å². The Labute approximate surface area is 141 Å². The Morgan fingerprint density at radius 3 is 2.78 bits per heavy atom. The van der Waals surface area contributed by atoms with Crippen LogP contribution in [-0.2, 0) is 12.8 Å². The van der Waals surface area contributed by atoms with E-state index in [1.807, 2.05) is 6.07 Å². The van der Waals surface area contributed by atoms with Crippen LogP contribution in [-0.4, -0.2) is 17.7 Å². The molecule has 23 heavy (non-hydrogen) atoms. The van der Waals surface area contributed by atoms with Crippen LogP contribution in [0.2, 0.25) is 0 Å². The number of halogens is 1. The molecule has 118 valence electrons. The summed E-state index contributed by atoms with van der Waals surface area (Å²) in [4.78, 5) is 0. The van der Waals surface area contributed by atoms with Crippen LogP contribution in [0, 0.1) is 5.82 Å². The lowest BCUT2D eigenvalue weighted by molar-refractivity contribution is 0.514. The minimum atomic E-state index is -0.143. The minimum Gasteiger partial charge on any atom is -0.361 e. The molecule has 1 aliphatic heterocycles. The van der Waals surface area contributed by atoms with Gasteiger partial charge in [0, 0.05) is 12.6 Å². The average molecular weight is 326 g/mol. The van der Waals surface area contributed by atoms with Crippen molar-refractivity contribution in [2.45, 2.75) is 31.2 Å². The Morgan fingerprint density at radius 1 is 1.09 bits per heavy atom. The van der Waals surface area contributed by atoms with Gasteiger partial charge in [0.05, 0.1) is 0 Å². The zero-order chi connectivity index (χ0) is 15.8. The number of benzene rings is 2. The van der Waals surface area contributed by atoms with Crippen molar-refractivity contribution in [3.05, 3.63) is 70.5 Å². The predicted octanol–water partition coefficient (Wildman–Crippen LogP) is 3.29. The Morgan fingerprint density at radius 2 is 1.96 bits per heavy atom. The summed E-state index contributed by atoms with van der Waals surface area (Å²) in [6.45, 7) is 0.869. The highest BCUT2D eigenvalue weighted by molar-refractivity contribution is 7.80. The summed E-state index contributed by atoms with van der Waals surface area (Å²) in [5, 5.41) is 7.26. The summed E-state index contributed by atoms with van der Waals surface area (Å²) >= 11 is 5.18. The summed E-state index contributed by atoms with van der Waals surface area (Å²) < 4.78 is 13.7. The van der Waals surface area contributed by atoms with Gasteiger partial charge in [-0.15, -0.1) is 0 Å². The maximum atomic E-state index is 13.7. The molecule has 2 atom stereocenters. The van der Waals surface area contributed by atoms with Gasteiger partial charge in [-0.2, -0.15) is 0 Å². The Hall–Kier alpha value is -1.94. The maximum Gasteiger partial charge on any atom is 0.166 e. The predicted molar refractivity (Wildman–Crippen MR) is 94.2 cm³/mol. The molecular formula is C19H19FN2S. The highest BCUT2D eigenvalue weighted by Crippen LogP contribution is 2.35. The van der Waals surface area contributed by atoms with Crippen LogP contribution in [0.5, 0.6) is 0 Å². The first kappa shape index (κ1) is 14.6. The fourth-order valence-corrected chi connectivity index (χ4v) is 4.08. The number of thiocarbonyl (C=S) groups is 1. The minimum absolute atomic E-state index is 0.143. The van der Waals surface area contributed by atoms with Gasteiger partial charge in [0.25, 0.3) is 0 Å². The largest absolute Gasteiger partial charge is 0.361 e. The number of rotatable bonds is 2. The van der Waals surface area contributed by atoms with E-state index in [0.29, 0.717) is 12.0 Å². The van der Waals surface area contributed by atoms with Crippen molar-refractivity contribution in [1.82, 2.24) is 10.6 Å². The van der Waals surface area contributed by atoms with Gasteiger partial charge in [-0.3, -0.25) is 0 Å². The van der Waals surface area contributed by atoms with Crippen LogP contribution in [0.3, 0.4) is 0 Å². The zero-order valence-electron chi connectivity index (χ0n) is 12.8. The molecule has 0 bridgehead atoms. The van der Waals surface area contributed by atoms with Crippen LogP contribution in [0.25, 0.3) is 0 Å². The zero-order valence-corrected chi connectivity index (χ0v) is 13.6. The molecule has 1 heterocycles. The monoisotopic (exact) mass is 326 g/mol. The van der Waals surface area contributed by atoms with E-state index in [4.69, 9.17) is 12.2 Å². The summed E-state index contributed by atoms with van der Waals surface area (Å²) in [7, 11) is 0. The fourth-order valence-electron chi connectivity index (χ4n) is 3.83. The van der Waals surface area contributed by atoms with E-state index in [2.05, 4.69) is 34.9 Å². The van der Waals surface area contributed by atoms with Gasteiger partial charge in [0.1, 0.15) is 5.82 Å². The number of hydrogen-bond donors (Lipinski definition) is 2. The van der Waals surface area contributed by atoms with E-state index >= 15 is 0 Å². The van der Waals surface area contributed by atoms with Gasteiger partial charge >= 0.3 is 0 Å². The number of hydrogen-bond acceptors (Lipinski definition) is 1. The van der Waals surface area contributed by atoms with Crippen molar-refractivity contribution in [2.24, 2.45) is 0 Å². The second-order valence-electron chi connectivity index (χ2n) is 6.48. The van der Waals surface area contributed by atoms with E-state index in [9.17, 15) is 4.39 Å². The Kier molecular flexibility index (Phi) is 3.77. The molecule has 0 radical (unpaired) electrons. The highest BCUT2D eigenvalue weighted by Gasteiger charge is 2.27. The summed E-state index contributed by atoms with van der Waals surface area (Å²) in [6, 6.07) is 14.2. The third-order valence-corrected chi connectivity index (χ3v) is 5.19. The molecule has 1 fully saturated rings. The molecule has 1 aliphatic carbocycles. The third kappa shape index (κ3) is 2.95. The van der Waals surface area contributed by atoms with E-state index < -0.39 is 0 Å². The first-order valence-corrected chi connectivity index (χ1v) is 8.49. The van der Waals surface area contributed by atoms with E-state index in [0.717, 1.165) is 36.5 Å². The van der Waals surface area contributed by atoms with Crippen LogP contribution < -0.4 is 10.6 Å². The topological polar surface area (TPSA) is 24.1 Å². The van der Waals surface area contributed by atoms with Crippen molar-refractivity contribution < 1.29 is 4.39 Å². The van der Waals surface area contributed by atoms with Crippen LogP contribution in [0.1, 0.15) is 34.6 Å². The normalized spacial score (nSPS) is 22.6. The van der Waals surface area contributed by atoms with E-state index in [1.165, 1.54) is 16.7 Å². The molecule has 0 aromatic heterocycles. The first-order valence-electron chi connectivity index (χ1n) is 8.08. The second kappa shape index (κ2) is 5.93. The summed E-state index contributed by atoms with van der Waals surface area (Å²) in [6.07, 6.45) is 2.77. The third-order valence-electron chi connectivity index (χ3n) is 4.92. The quantitative estimate of drug-likeness (QED) is 0.828. The smallest absolute Gasteiger partial charge is 0.166 e. The van der Waals surface area contributed by atoms with Gasteiger partial charge < -0.3 is 10.6 Å². The maximum absolute atomic E-state index is 13.7. The SMILES string of the molecule is Fc1ccc2c(c1)CC(CC1CNC(=S)N1)c1ccccc1C2. The van der Waals surface area contributed by atoms with Gasteiger partial charge in [0.2, 0.25) is 0 Å². The fraction of sp³-hybridized carbons (Fsp3) is 0.316. The second-order valence-corrected chi connectivity index (χ2v) is 6.88. The Balaban J connectivity index is 1.70. The molecule has 1 saturated heterocycles. The van der Waals surface area contributed by atoms with Crippen molar-refractivity contribution in [3.63, 3.8) is 0 Å². The molecule has 0 saturated carbocycles. The number of fused-ring (bicyclic) bond motifs is 2. The molecule has 0 amide bonds. The number of nitrogens with one attached hydrogen (secondary N) is 2. The van der Waals surface area contributed by atoms with Gasteiger partial charge in [-0.1, -0.05) is 30.3 Å². The molecule has 2 N–H and O–H groups in total. The average Bonchev–Trinajstić information content (AvgIpc) is 2.87. The van der Waals surface area contributed by atoms with Crippen LogP contribution in [0.4, 0.5) is 4.39 Å². The van der Waals surface area contributed by atoms with Gasteiger partial charge in [-0.05, 0) is 71.8 Å². The molecular weight excluding hydrogens is 307 g/mol. The van der Waals surface area contributed by atoms with Crippen LogP contribution >= 0.6 is 12.2 Å². The molecule has 2 nitrogen and oxygen atoms in total. The lowest BCUT2D eigenvalue weighted by Gasteiger charge is -2.21. The lowest BCUT2D eigenvalue weighted by Crippen LogP contribution is -2.28.